The van der Waals surface area contributed by atoms with Gasteiger partial charge in [0.15, 0.2) is 0 Å². The zero-order chi connectivity index (χ0) is 51.6. The zero-order valence-corrected chi connectivity index (χ0v) is 53.2. The van der Waals surface area contributed by atoms with Crippen molar-refractivity contribution >= 4 is 126 Å². The number of nitrogens with zero attached hydrogens (tertiary/aromatic N) is 2. The van der Waals surface area contributed by atoms with Crippen LogP contribution in [-0.2, 0) is 24.4 Å². The van der Waals surface area contributed by atoms with E-state index in [1.807, 2.05) is 0 Å². The molecule has 0 unspecified atom stereocenters. The first kappa shape index (κ1) is 62.6. The van der Waals surface area contributed by atoms with Crippen LogP contribution in [0.2, 0.25) is 0 Å². The average Bonchev–Trinajstić information content (AvgIpc) is 3.68. The van der Waals surface area contributed by atoms with Crippen LogP contribution in [0.1, 0.15) is 149 Å². The van der Waals surface area contributed by atoms with E-state index in [4.69, 9.17) is 18.9 Å². The molecule has 4 aromatic carbocycles. The molecule has 5 rings (SSSR count). The molecule has 0 radical (unpaired) electrons. The molecular weight excluding hydrogens is 1360 g/mol. The molecule has 6 nitrogen and oxygen atoms in total. The number of ether oxygens (including phenoxy) is 4. The third kappa shape index (κ3) is 22.2. The zero-order valence-electron chi connectivity index (χ0n) is 44.6. The van der Waals surface area contributed by atoms with Crippen LogP contribution >= 0.6 is 90.4 Å². The Labute approximate surface area is 497 Å². The molecule has 0 N–H and O–H groups in total. The third-order valence-electron chi connectivity index (χ3n) is 14.3. The van der Waals surface area contributed by atoms with Crippen molar-refractivity contribution in [1.29, 1.82) is 0 Å². The first-order chi connectivity index (χ1) is 36.0. The Kier molecular flexibility index (Phi) is 32.8. The lowest BCUT2D eigenvalue weighted by molar-refractivity contribution is 0.0490. The molecule has 1 aliphatic carbocycles. The van der Waals surface area contributed by atoms with Gasteiger partial charge in [-0.25, -0.2) is 0 Å². The minimum Gasteiger partial charge on any atom is -0.382 e. The molecule has 73 heavy (non-hydrogen) atoms. The topological polar surface area (TPSA) is 43.4 Å². The summed E-state index contributed by atoms with van der Waals surface area (Å²) in [5.74, 6) is 0. The highest BCUT2D eigenvalue weighted by atomic mass is 127. The van der Waals surface area contributed by atoms with Crippen LogP contribution in [0.15, 0.2) is 84.9 Å². The number of unbranched alkanes of at least 4 members (excludes halogenated alkanes) is 12. The number of hydrogen-bond donors (Lipinski definition) is 0. The molecule has 0 saturated heterocycles. The van der Waals surface area contributed by atoms with Gasteiger partial charge in [-0.15, -0.1) is 0 Å². The predicted molar refractivity (Wildman–Crippen MR) is 352 cm³/mol. The number of rotatable bonds is 42. The smallest absolute Gasteiger partial charge is 0.0700 e. The van der Waals surface area contributed by atoms with Gasteiger partial charge in [0, 0.05) is 70.4 Å². The lowest BCUT2D eigenvalue weighted by Gasteiger charge is -2.33. The first-order valence-corrected chi connectivity index (χ1v) is 33.8. The Hall–Kier alpha value is -1.28. The van der Waals surface area contributed by atoms with Crippen molar-refractivity contribution in [3.8, 4) is 11.1 Å². The summed E-state index contributed by atoms with van der Waals surface area (Å²) in [6, 6.07) is 32.8. The Morgan fingerprint density at radius 2 is 0.685 bits per heavy atom. The van der Waals surface area contributed by atoms with Crippen molar-refractivity contribution in [2.24, 2.45) is 0 Å². The number of benzene rings is 4. The van der Waals surface area contributed by atoms with E-state index in [1.54, 1.807) is 14.2 Å². The van der Waals surface area contributed by atoms with E-state index in [1.165, 1.54) is 176 Å². The van der Waals surface area contributed by atoms with Gasteiger partial charge in [0.1, 0.15) is 0 Å². The monoisotopic (exact) mass is 1440 g/mol. The molecule has 0 saturated carbocycles. The predicted octanol–water partition coefficient (Wildman–Crippen LogP) is 18.0. The van der Waals surface area contributed by atoms with Gasteiger partial charge >= 0.3 is 0 Å². The largest absolute Gasteiger partial charge is 0.382 e. The number of fused-ring (bicyclic) bond motifs is 3. The molecule has 402 valence electrons. The van der Waals surface area contributed by atoms with Crippen molar-refractivity contribution in [3.05, 3.63) is 118 Å². The number of halogens is 4. The van der Waals surface area contributed by atoms with Crippen LogP contribution < -0.4 is 9.80 Å². The molecular formula is C63H88I4N2O4. The highest BCUT2D eigenvalue weighted by molar-refractivity contribution is 14.1. The Bertz CT molecular complexity index is 1950. The summed E-state index contributed by atoms with van der Waals surface area (Å²) in [6.45, 7) is 8.12. The SMILES string of the molecule is COCCOCCC1(CCOCCOC)c2cc(/C=C/c3ccc(N(CCCCCCI)CCCCCCI)cc3)ccc2-c2ccc(/C=C/c3ccc(N(CCCCCCI)CCCCCCI)cc3)cc21. The second-order valence-electron chi connectivity index (χ2n) is 19.6. The van der Waals surface area contributed by atoms with E-state index < -0.39 is 0 Å². The summed E-state index contributed by atoms with van der Waals surface area (Å²) in [5, 5.41) is 0. The van der Waals surface area contributed by atoms with Crippen molar-refractivity contribution in [2.75, 3.05) is 108 Å². The van der Waals surface area contributed by atoms with Crippen molar-refractivity contribution in [1.82, 2.24) is 0 Å². The second-order valence-corrected chi connectivity index (χ2v) is 24.0. The minimum absolute atomic E-state index is 0.298. The van der Waals surface area contributed by atoms with Gasteiger partial charge < -0.3 is 28.7 Å². The van der Waals surface area contributed by atoms with E-state index >= 15 is 0 Å². The summed E-state index contributed by atoms with van der Waals surface area (Å²) >= 11 is 10.0. The van der Waals surface area contributed by atoms with Crippen LogP contribution in [0.5, 0.6) is 0 Å². The van der Waals surface area contributed by atoms with E-state index in [2.05, 4.69) is 209 Å². The van der Waals surface area contributed by atoms with Crippen LogP contribution in [0.25, 0.3) is 35.4 Å². The molecule has 4 aromatic rings. The molecule has 0 heterocycles. The van der Waals surface area contributed by atoms with Gasteiger partial charge in [-0.2, -0.15) is 0 Å². The van der Waals surface area contributed by atoms with Gasteiger partial charge in [-0.05, 0) is 151 Å². The first-order valence-electron chi connectivity index (χ1n) is 27.7. The van der Waals surface area contributed by atoms with Gasteiger partial charge in [0.2, 0.25) is 0 Å². The van der Waals surface area contributed by atoms with E-state index in [0.29, 0.717) is 39.6 Å². The molecule has 0 aliphatic heterocycles. The van der Waals surface area contributed by atoms with Gasteiger partial charge in [0.25, 0.3) is 0 Å². The lowest BCUT2D eigenvalue weighted by atomic mass is 9.72. The standard InChI is InChI=1S/C63H88I4N2O4/c1-70-47-49-72-45-35-63(36-46-73-50-48-71-2)61-51-55(21-19-53-23-29-57(30-24-53)68(41-15-7-3-11-37-64)42-16-8-4-12-38-65)27-33-59(61)60-34-28-56(52-62(60)63)22-20-54-25-31-58(32-26-54)69(43-17-9-5-13-39-66)44-18-10-6-14-40-67/h19-34,51-52H,3-18,35-50H2,1-2H3/b21-19+,22-20+. The maximum atomic E-state index is 6.29. The molecule has 10 heteroatoms. The van der Waals surface area contributed by atoms with Crippen molar-refractivity contribution in [3.63, 3.8) is 0 Å². The second kappa shape index (κ2) is 38.3. The molecule has 0 aromatic heterocycles. The van der Waals surface area contributed by atoms with Crippen LogP contribution in [0.3, 0.4) is 0 Å². The average molecular weight is 1450 g/mol. The van der Waals surface area contributed by atoms with Crippen LogP contribution in [0.4, 0.5) is 11.4 Å². The van der Waals surface area contributed by atoms with E-state index in [-0.39, 0.29) is 5.41 Å². The summed E-state index contributed by atoms with van der Waals surface area (Å²) < 4.78 is 28.4. The highest BCUT2D eigenvalue weighted by Gasteiger charge is 2.43. The normalized spacial score (nSPS) is 12.8. The van der Waals surface area contributed by atoms with Crippen molar-refractivity contribution < 1.29 is 18.9 Å². The maximum Gasteiger partial charge on any atom is 0.0700 e. The third-order valence-corrected chi connectivity index (χ3v) is 17.4. The van der Waals surface area contributed by atoms with Gasteiger partial charge in [-0.3, -0.25) is 0 Å². The Morgan fingerprint density at radius 3 is 1.01 bits per heavy atom. The summed E-state index contributed by atoms with van der Waals surface area (Å²) in [4.78, 5) is 5.27. The minimum atomic E-state index is -0.298. The van der Waals surface area contributed by atoms with Gasteiger partial charge in [-0.1, -0.05) is 227 Å². The number of hydrogen-bond acceptors (Lipinski definition) is 6. The fourth-order valence-corrected chi connectivity index (χ4v) is 12.3. The van der Waals surface area contributed by atoms with E-state index in [9.17, 15) is 0 Å². The number of anilines is 2. The number of alkyl halides is 4. The summed E-state index contributed by atoms with van der Waals surface area (Å²) in [5.41, 5.74) is 12.6. The molecule has 0 amide bonds. The van der Waals surface area contributed by atoms with Gasteiger partial charge in [0.05, 0.1) is 26.4 Å². The molecule has 1 aliphatic rings. The van der Waals surface area contributed by atoms with E-state index in [0.717, 1.165) is 39.0 Å². The number of methoxy groups -OCH3 is 2. The fraction of sp³-hybridized carbons (Fsp3) is 0.556. The van der Waals surface area contributed by atoms with Crippen LogP contribution in [0, 0.1) is 0 Å². The van der Waals surface area contributed by atoms with Crippen LogP contribution in [-0.4, -0.2) is 97.8 Å². The quantitative estimate of drug-likeness (QED) is 0.0191. The highest BCUT2D eigenvalue weighted by Crippen LogP contribution is 2.53. The Morgan fingerprint density at radius 1 is 0.370 bits per heavy atom. The fourth-order valence-electron chi connectivity index (χ4n) is 10.1. The lowest BCUT2D eigenvalue weighted by Crippen LogP contribution is -2.30. The molecule has 0 spiro atoms. The Balaban J connectivity index is 1.39. The summed E-state index contributed by atoms with van der Waals surface area (Å²) in [6.07, 6.45) is 31.8. The molecule has 0 fully saturated rings. The molecule has 0 atom stereocenters. The summed E-state index contributed by atoms with van der Waals surface area (Å²) in [7, 11) is 3.47. The maximum absolute atomic E-state index is 6.29. The van der Waals surface area contributed by atoms with Crippen molar-refractivity contribution in [2.45, 2.75) is 121 Å². The molecule has 0 bridgehead atoms.